The largest absolute Gasteiger partial charge is 0.456 e. The molecule has 0 fully saturated rings. The van der Waals surface area contributed by atoms with Crippen molar-refractivity contribution in [1.82, 2.24) is 0 Å². The Morgan fingerprint density at radius 1 is 1.21 bits per heavy atom. The van der Waals surface area contributed by atoms with E-state index in [-0.39, 0.29) is 0 Å². The Hall–Kier alpha value is -1.65. The first-order chi connectivity index (χ1) is 9.22. The molecule has 0 aliphatic heterocycles. The van der Waals surface area contributed by atoms with Crippen LogP contribution in [0.15, 0.2) is 46.9 Å². The lowest BCUT2D eigenvalue weighted by molar-refractivity contribution is 0.112. The van der Waals surface area contributed by atoms with E-state index in [9.17, 15) is 4.79 Å². The summed E-state index contributed by atoms with van der Waals surface area (Å²) in [6, 6.07) is 12.9. The molecule has 0 unspecified atom stereocenters. The van der Waals surface area contributed by atoms with Crippen LogP contribution in [0.25, 0.3) is 0 Å². The van der Waals surface area contributed by atoms with Crippen LogP contribution in [0.4, 0.5) is 0 Å². The summed E-state index contributed by atoms with van der Waals surface area (Å²) in [6.07, 6.45) is 0.799. The van der Waals surface area contributed by atoms with E-state index in [0.29, 0.717) is 17.9 Å². The zero-order valence-electron chi connectivity index (χ0n) is 10.4. The Balaban J connectivity index is 2.20. The van der Waals surface area contributed by atoms with Gasteiger partial charge in [-0.2, -0.15) is 0 Å². The van der Waals surface area contributed by atoms with Gasteiger partial charge in [0.15, 0.2) is 0 Å². The van der Waals surface area contributed by atoms with Crippen molar-refractivity contribution in [3.63, 3.8) is 0 Å². The molecule has 2 aromatic rings. The first kappa shape index (κ1) is 13.8. The van der Waals surface area contributed by atoms with Crippen molar-refractivity contribution < 1.29 is 14.3 Å². The van der Waals surface area contributed by atoms with Crippen LogP contribution in [-0.4, -0.2) is 13.4 Å². The molecular weight excluding hydrogens is 308 g/mol. The molecule has 0 amide bonds. The monoisotopic (exact) mass is 320 g/mol. The van der Waals surface area contributed by atoms with Gasteiger partial charge in [0, 0.05) is 12.7 Å². The lowest BCUT2D eigenvalue weighted by Crippen LogP contribution is -1.90. The van der Waals surface area contributed by atoms with Crippen molar-refractivity contribution in [2.75, 3.05) is 7.11 Å². The molecule has 2 rings (SSSR count). The highest BCUT2D eigenvalue weighted by Gasteiger charge is 2.04. The fourth-order valence-corrected chi connectivity index (χ4v) is 2.14. The van der Waals surface area contributed by atoms with E-state index in [4.69, 9.17) is 9.47 Å². The number of carbonyl (C=O) groups excluding carboxylic acids is 1. The van der Waals surface area contributed by atoms with E-state index in [1.165, 1.54) is 0 Å². The second-order valence-electron chi connectivity index (χ2n) is 3.99. The summed E-state index contributed by atoms with van der Waals surface area (Å²) in [5, 5.41) is 0. The van der Waals surface area contributed by atoms with Crippen molar-refractivity contribution in [1.29, 1.82) is 0 Å². The van der Waals surface area contributed by atoms with Crippen molar-refractivity contribution in [3.05, 3.63) is 58.1 Å². The van der Waals surface area contributed by atoms with Gasteiger partial charge in [0.1, 0.15) is 17.8 Å². The standard InChI is InChI=1S/C15H13BrO3/c1-18-10-12-3-2-4-13(7-12)19-15-6-5-11(9-17)8-14(15)16/h2-9H,10H2,1H3. The van der Waals surface area contributed by atoms with E-state index >= 15 is 0 Å². The van der Waals surface area contributed by atoms with E-state index in [2.05, 4.69) is 15.9 Å². The predicted molar refractivity (Wildman–Crippen MR) is 76.8 cm³/mol. The van der Waals surface area contributed by atoms with Crippen LogP contribution < -0.4 is 4.74 Å². The Kier molecular flexibility index (Phi) is 4.71. The number of halogens is 1. The van der Waals surface area contributed by atoms with Crippen LogP contribution in [0.1, 0.15) is 15.9 Å². The number of benzene rings is 2. The topological polar surface area (TPSA) is 35.5 Å². The minimum Gasteiger partial charge on any atom is -0.456 e. The van der Waals surface area contributed by atoms with Gasteiger partial charge < -0.3 is 9.47 Å². The van der Waals surface area contributed by atoms with E-state index in [1.54, 1.807) is 25.3 Å². The zero-order valence-corrected chi connectivity index (χ0v) is 12.0. The van der Waals surface area contributed by atoms with Crippen LogP contribution in [-0.2, 0) is 11.3 Å². The van der Waals surface area contributed by atoms with Crippen LogP contribution in [0.2, 0.25) is 0 Å². The van der Waals surface area contributed by atoms with E-state index in [1.807, 2.05) is 24.3 Å². The van der Waals surface area contributed by atoms with Gasteiger partial charge in [0.05, 0.1) is 11.1 Å². The van der Waals surface area contributed by atoms with Gasteiger partial charge in [-0.1, -0.05) is 12.1 Å². The Morgan fingerprint density at radius 3 is 2.74 bits per heavy atom. The first-order valence-corrected chi connectivity index (χ1v) is 6.52. The van der Waals surface area contributed by atoms with Crippen molar-refractivity contribution in [3.8, 4) is 11.5 Å². The number of methoxy groups -OCH3 is 1. The third-order valence-corrected chi connectivity index (χ3v) is 3.15. The molecule has 3 nitrogen and oxygen atoms in total. The van der Waals surface area contributed by atoms with Gasteiger partial charge in [-0.05, 0) is 51.8 Å². The lowest BCUT2D eigenvalue weighted by atomic mass is 10.2. The number of aldehydes is 1. The van der Waals surface area contributed by atoms with Gasteiger partial charge in [0.2, 0.25) is 0 Å². The molecule has 0 aromatic heterocycles. The molecule has 0 heterocycles. The lowest BCUT2D eigenvalue weighted by Gasteiger charge is -2.09. The molecule has 4 heteroatoms. The summed E-state index contributed by atoms with van der Waals surface area (Å²) < 4.78 is 11.6. The molecule has 0 saturated carbocycles. The first-order valence-electron chi connectivity index (χ1n) is 5.73. The normalized spacial score (nSPS) is 10.2. The van der Waals surface area contributed by atoms with E-state index in [0.717, 1.165) is 22.1 Å². The van der Waals surface area contributed by atoms with Crippen LogP contribution >= 0.6 is 15.9 Å². The molecule has 98 valence electrons. The number of rotatable bonds is 5. The Bertz CT molecular complexity index is 581. The second-order valence-corrected chi connectivity index (χ2v) is 4.84. The molecule has 19 heavy (non-hydrogen) atoms. The fraction of sp³-hybridized carbons (Fsp3) is 0.133. The summed E-state index contributed by atoms with van der Waals surface area (Å²) in [4.78, 5) is 10.7. The summed E-state index contributed by atoms with van der Waals surface area (Å²) in [5.41, 5.74) is 1.65. The fourth-order valence-electron chi connectivity index (χ4n) is 1.67. The number of ether oxygens (including phenoxy) is 2. The molecule has 0 spiro atoms. The molecule has 0 aliphatic carbocycles. The summed E-state index contributed by atoms with van der Waals surface area (Å²) in [5.74, 6) is 1.40. The zero-order chi connectivity index (χ0) is 13.7. The highest BCUT2D eigenvalue weighted by atomic mass is 79.9. The summed E-state index contributed by atoms with van der Waals surface area (Å²) in [7, 11) is 1.66. The average Bonchev–Trinajstić information content (AvgIpc) is 2.42. The molecule has 2 aromatic carbocycles. The maximum atomic E-state index is 10.7. The highest BCUT2D eigenvalue weighted by molar-refractivity contribution is 9.10. The predicted octanol–water partition coefficient (Wildman–Crippen LogP) is 4.20. The van der Waals surface area contributed by atoms with Gasteiger partial charge in [-0.3, -0.25) is 4.79 Å². The van der Waals surface area contributed by atoms with Crippen molar-refractivity contribution in [2.45, 2.75) is 6.61 Å². The van der Waals surface area contributed by atoms with Crippen LogP contribution in [0.3, 0.4) is 0 Å². The Labute approximate surface area is 120 Å². The minimum atomic E-state index is 0.544. The summed E-state index contributed by atoms with van der Waals surface area (Å²) in [6.45, 7) is 0.544. The van der Waals surface area contributed by atoms with Gasteiger partial charge in [-0.25, -0.2) is 0 Å². The molecule has 0 radical (unpaired) electrons. The number of hydrogen-bond acceptors (Lipinski definition) is 3. The van der Waals surface area contributed by atoms with Gasteiger partial charge in [-0.15, -0.1) is 0 Å². The maximum absolute atomic E-state index is 10.7. The number of carbonyl (C=O) groups is 1. The molecular formula is C15H13BrO3. The SMILES string of the molecule is COCc1cccc(Oc2ccc(C=O)cc2Br)c1. The van der Waals surface area contributed by atoms with Crippen molar-refractivity contribution >= 4 is 22.2 Å². The smallest absolute Gasteiger partial charge is 0.150 e. The molecule has 0 saturated heterocycles. The molecule has 0 N–H and O–H groups in total. The molecule has 0 bridgehead atoms. The van der Waals surface area contributed by atoms with E-state index < -0.39 is 0 Å². The highest BCUT2D eigenvalue weighted by Crippen LogP contribution is 2.30. The van der Waals surface area contributed by atoms with Crippen LogP contribution in [0.5, 0.6) is 11.5 Å². The van der Waals surface area contributed by atoms with Crippen LogP contribution in [0, 0.1) is 0 Å². The Morgan fingerprint density at radius 2 is 2.05 bits per heavy atom. The van der Waals surface area contributed by atoms with Crippen molar-refractivity contribution in [2.24, 2.45) is 0 Å². The molecule has 0 aliphatic rings. The number of hydrogen-bond donors (Lipinski definition) is 0. The average molecular weight is 321 g/mol. The van der Waals surface area contributed by atoms with Gasteiger partial charge in [0.25, 0.3) is 0 Å². The summed E-state index contributed by atoms with van der Waals surface area (Å²) >= 11 is 3.39. The third-order valence-electron chi connectivity index (χ3n) is 2.53. The third kappa shape index (κ3) is 3.66. The molecule has 0 atom stereocenters. The quantitative estimate of drug-likeness (QED) is 0.774. The maximum Gasteiger partial charge on any atom is 0.150 e. The second kappa shape index (κ2) is 6.50. The van der Waals surface area contributed by atoms with Gasteiger partial charge >= 0.3 is 0 Å². The minimum absolute atomic E-state index is 0.544.